The van der Waals surface area contributed by atoms with Crippen molar-refractivity contribution in [3.05, 3.63) is 0 Å². The fourth-order valence-corrected chi connectivity index (χ4v) is 1.96. The van der Waals surface area contributed by atoms with Crippen molar-refractivity contribution in [1.82, 2.24) is 15.0 Å². The minimum absolute atomic E-state index is 0.256. The van der Waals surface area contributed by atoms with E-state index in [0.717, 1.165) is 26.1 Å². The summed E-state index contributed by atoms with van der Waals surface area (Å²) in [7, 11) is 5.66. The van der Waals surface area contributed by atoms with Crippen molar-refractivity contribution in [2.45, 2.75) is 19.4 Å². The van der Waals surface area contributed by atoms with Gasteiger partial charge in [0.2, 0.25) is 17.8 Å². The quantitative estimate of drug-likeness (QED) is 0.855. The number of nitrogens with zero attached hydrogens (tertiary/aromatic N) is 5. The van der Waals surface area contributed by atoms with Gasteiger partial charge in [-0.15, -0.1) is 0 Å². The van der Waals surface area contributed by atoms with Crippen LogP contribution >= 0.6 is 0 Å². The Morgan fingerprint density at radius 2 is 2.16 bits per heavy atom. The molecule has 1 saturated heterocycles. The number of anilines is 3. The molecule has 1 unspecified atom stereocenters. The van der Waals surface area contributed by atoms with Gasteiger partial charge >= 0.3 is 0 Å². The van der Waals surface area contributed by atoms with Crippen LogP contribution in [-0.2, 0) is 4.74 Å². The summed E-state index contributed by atoms with van der Waals surface area (Å²) in [4.78, 5) is 17.3. The molecule has 1 fully saturated rings. The van der Waals surface area contributed by atoms with Gasteiger partial charge in [-0.3, -0.25) is 0 Å². The largest absolute Gasteiger partial charge is 0.375 e. The summed E-state index contributed by atoms with van der Waals surface area (Å²) in [6.07, 6.45) is 1.26. The molecule has 0 saturated carbocycles. The molecule has 106 valence electrons. The van der Waals surface area contributed by atoms with Crippen LogP contribution in [0.2, 0.25) is 0 Å². The summed E-state index contributed by atoms with van der Waals surface area (Å²) in [5, 5.41) is 2.98. The average Bonchev–Trinajstić information content (AvgIpc) is 2.46. The molecule has 2 heterocycles. The first-order valence-corrected chi connectivity index (χ1v) is 6.61. The second-order valence-electron chi connectivity index (χ2n) is 4.75. The van der Waals surface area contributed by atoms with E-state index in [2.05, 4.69) is 32.1 Å². The van der Waals surface area contributed by atoms with E-state index in [0.29, 0.717) is 17.8 Å². The lowest BCUT2D eigenvalue weighted by Gasteiger charge is -2.32. The third-order valence-electron chi connectivity index (χ3n) is 3.11. The zero-order chi connectivity index (χ0) is 13.8. The summed E-state index contributed by atoms with van der Waals surface area (Å²) in [6.45, 7) is 4.50. The lowest BCUT2D eigenvalue weighted by molar-refractivity contribution is 0.0379. The summed E-state index contributed by atoms with van der Waals surface area (Å²) >= 11 is 0. The van der Waals surface area contributed by atoms with E-state index >= 15 is 0 Å². The van der Waals surface area contributed by atoms with Crippen molar-refractivity contribution in [1.29, 1.82) is 0 Å². The first-order chi connectivity index (χ1) is 9.13. The monoisotopic (exact) mass is 266 g/mol. The van der Waals surface area contributed by atoms with E-state index in [1.54, 1.807) is 0 Å². The van der Waals surface area contributed by atoms with Gasteiger partial charge in [0.25, 0.3) is 0 Å². The van der Waals surface area contributed by atoms with Gasteiger partial charge in [-0.25, -0.2) is 0 Å². The predicted molar refractivity (Wildman–Crippen MR) is 75.9 cm³/mol. The first-order valence-electron chi connectivity index (χ1n) is 6.61. The Hall–Kier alpha value is -1.63. The molecule has 0 bridgehead atoms. The third kappa shape index (κ3) is 3.23. The highest BCUT2D eigenvalue weighted by Gasteiger charge is 2.22. The maximum Gasteiger partial charge on any atom is 0.232 e. The molecule has 0 radical (unpaired) electrons. The van der Waals surface area contributed by atoms with Crippen molar-refractivity contribution in [2.24, 2.45) is 0 Å². The minimum atomic E-state index is 0.256. The van der Waals surface area contributed by atoms with E-state index in [-0.39, 0.29) is 6.10 Å². The van der Waals surface area contributed by atoms with Crippen LogP contribution in [0.3, 0.4) is 0 Å². The van der Waals surface area contributed by atoms with Crippen LogP contribution in [0.25, 0.3) is 0 Å². The SMILES string of the molecule is CCC1CN(c2nc(NC)nc(N(C)C)n2)CCO1. The Balaban J connectivity index is 2.25. The topological polar surface area (TPSA) is 66.4 Å². The molecular formula is C12H22N6O. The molecular weight excluding hydrogens is 244 g/mol. The molecule has 0 aromatic carbocycles. The molecule has 2 rings (SSSR count). The fraction of sp³-hybridized carbons (Fsp3) is 0.750. The van der Waals surface area contributed by atoms with Gasteiger partial charge < -0.3 is 19.9 Å². The van der Waals surface area contributed by atoms with Gasteiger partial charge in [-0.05, 0) is 6.42 Å². The van der Waals surface area contributed by atoms with Crippen molar-refractivity contribution in [2.75, 3.05) is 56.0 Å². The van der Waals surface area contributed by atoms with Crippen molar-refractivity contribution < 1.29 is 4.74 Å². The number of morpholine rings is 1. The van der Waals surface area contributed by atoms with E-state index in [9.17, 15) is 0 Å². The molecule has 7 nitrogen and oxygen atoms in total. The van der Waals surface area contributed by atoms with Gasteiger partial charge in [-0.1, -0.05) is 6.92 Å². The fourth-order valence-electron chi connectivity index (χ4n) is 1.96. The zero-order valence-electron chi connectivity index (χ0n) is 12.1. The standard InChI is InChI=1S/C12H22N6O/c1-5-9-8-18(6-7-19-9)12-15-10(13-2)14-11(16-12)17(3)4/h9H,5-8H2,1-4H3,(H,13,14,15,16). The molecule has 7 heteroatoms. The van der Waals surface area contributed by atoms with E-state index in [1.165, 1.54) is 0 Å². The Morgan fingerprint density at radius 1 is 1.37 bits per heavy atom. The van der Waals surface area contributed by atoms with Gasteiger partial charge in [0.05, 0.1) is 12.7 Å². The molecule has 1 aromatic rings. The summed E-state index contributed by atoms with van der Waals surface area (Å²) < 4.78 is 5.67. The maximum atomic E-state index is 5.67. The Bertz CT molecular complexity index is 425. The van der Waals surface area contributed by atoms with Crippen LogP contribution in [0, 0.1) is 0 Å². The number of hydrogen-bond acceptors (Lipinski definition) is 7. The lowest BCUT2D eigenvalue weighted by atomic mass is 10.2. The number of aromatic nitrogens is 3. The third-order valence-corrected chi connectivity index (χ3v) is 3.11. The molecule has 1 aromatic heterocycles. The maximum absolute atomic E-state index is 5.67. The van der Waals surface area contributed by atoms with E-state index in [1.807, 2.05) is 26.0 Å². The number of hydrogen-bond donors (Lipinski definition) is 1. The second-order valence-corrected chi connectivity index (χ2v) is 4.75. The van der Waals surface area contributed by atoms with Gasteiger partial charge in [-0.2, -0.15) is 15.0 Å². The highest BCUT2D eigenvalue weighted by Crippen LogP contribution is 2.18. The molecule has 1 aliphatic heterocycles. The van der Waals surface area contributed by atoms with Gasteiger partial charge in [0.15, 0.2) is 0 Å². The second kappa shape index (κ2) is 6.01. The summed E-state index contributed by atoms with van der Waals surface area (Å²) in [6, 6.07) is 0. The van der Waals surface area contributed by atoms with Crippen LogP contribution in [0.15, 0.2) is 0 Å². The molecule has 0 spiro atoms. The normalized spacial score (nSPS) is 19.4. The first kappa shape index (κ1) is 13.8. The highest BCUT2D eigenvalue weighted by atomic mass is 16.5. The Kier molecular flexibility index (Phi) is 4.36. The van der Waals surface area contributed by atoms with Gasteiger partial charge in [0.1, 0.15) is 0 Å². The number of rotatable bonds is 4. The molecule has 1 atom stereocenters. The zero-order valence-corrected chi connectivity index (χ0v) is 12.1. The minimum Gasteiger partial charge on any atom is -0.375 e. The van der Waals surface area contributed by atoms with Crippen LogP contribution in [0.1, 0.15) is 13.3 Å². The predicted octanol–water partition coefficient (Wildman–Crippen LogP) is 0.595. The summed E-state index contributed by atoms with van der Waals surface area (Å²) in [5.74, 6) is 1.96. The summed E-state index contributed by atoms with van der Waals surface area (Å²) in [5.41, 5.74) is 0. The molecule has 19 heavy (non-hydrogen) atoms. The Labute approximate surface area is 114 Å². The van der Waals surface area contributed by atoms with Crippen molar-refractivity contribution >= 4 is 17.8 Å². The molecule has 0 aliphatic carbocycles. The lowest BCUT2D eigenvalue weighted by Crippen LogP contribution is -2.43. The number of ether oxygens (including phenoxy) is 1. The van der Waals surface area contributed by atoms with Crippen LogP contribution in [-0.4, -0.2) is 61.9 Å². The van der Waals surface area contributed by atoms with E-state index in [4.69, 9.17) is 4.74 Å². The van der Waals surface area contributed by atoms with Crippen molar-refractivity contribution in [3.63, 3.8) is 0 Å². The van der Waals surface area contributed by atoms with E-state index < -0.39 is 0 Å². The average molecular weight is 266 g/mol. The van der Waals surface area contributed by atoms with Crippen LogP contribution in [0.4, 0.5) is 17.8 Å². The molecule has 1 N–H and O–H groups in total. The molecule has 0 amide bonds. The highest BCUT2D eigenvalue weighted by molar-refractivity contribution is 5.44. The smallest absolute Gasteiger partial charge is 0.232 e. The Morgan fingerprint density at radius 3 is 2.79 bits per heavy atom. The van der Waals surface area contributed by atoms with Gasteiger partial charge in [0, 0.05) is 34.2 Å². The van der Waals surface area contributed by atoms with Crippen LogP contribution in [0.5, 0.6) is 0 Å². The van der Waals surface area contributed by atoms with Crippen LogP contribution < -0.4 is 15.1 Å². The molecule has 1 aliphatic rings. The number of nitrogens with one attached hydrogen (secondary N) is 1. The van der Waals surface area contributed by atoms with Crippen molar-refractivity contribution in [3.8, 4) is 0 Å².